The van der Waals surface area contributed by atoms with E-state index in [2.05, 4.69) is 15.1 Å². The van der Waals surface area contributed by atoms with E-state index >= 15 is 0 Å². The number of rotatable bonds is 5. The summed E-state index contributed by atoms with van der Waals surface area (Å²) in [4.78, 5) is 23.6. The van der Waals surface area contributed by atoms with Gasteiger partial charge in [0, 0.05) is 38.4 Å². The number of nitrogens with zero attached hydrogens (tertiary/aromatic N) is 5. The first-order valence-corrected chi connectivity index (χ1v) is 9.55. The third-order valence-electron chi connectivity index (χ3n) is 4.99. The normalized spacial score (nSPS) is 16.5. The van der Waals surface area contributed by atoms with Crippen LogP contribution >= 0.6 is 0 Å². The molecule has 0 bridgehead atoms. The summed E-state index contributed by atoms with van der Waals surface area (Å²) >= 11 is 0. The predicted octanol–water partition coefficient (Wildman–Crippen LogP) is 3.03. The molecule has 1 aromatic carbocycles. The van der Waals surface area contributed by atoms with E-state index in [0.29, 0.717) is 29.5 Å². The van der Waals surface area contributed by atoms with Gasteiger partial charge >= 0.3 is 0 Å². The van der Waals surface area contributed by atoms with Crippen molar-refractivity contribution in [3.8, 4) is 17.4 Å². The molecule has 0 aliphatic carbocycles. The molecule has 8 nitrogen and oxygen atoms in total. The lowest BCUT2D eigenvalue weighted by Gasteiger charge is -2.32. The first-order chi connectivity index (χ1) is 14.1. The topological polar surface area (TPSA) is 82.4 Å². The standard InChI is InChI=1S/C21H23N5O3/c1-25-13-16(10-23-25)21(27)26-9-5-6-15(14-26)17-11-22-12-20(24-17)29-19-8-4-3-7-18(19)28-2/h3-4,7-8,10-13,15H,5-6,9,14H2,1-2H3/t15-/m0/s1. The van der Waals surface area contributed by atoms with Gasteiger partial charge in [-0.25, -0.2) is 4.98 Å². The van der Waals surface area contributed by atoms with Crippen LogP contribution in [0.1, 0.15) is 34.8 Å². The fourth-order valence-corrected chi connectivity index (χ4v) is 3.54. The summed E-state index contributed by atoms with van der Waals surface area (Å²) in [6.45, 7) is 1.33. The van der Waals surface area contributed by atoms with Crippen molar-refractivity contribution >= 4 is 5.91 Å². The summed E-state index contributed by atoms with van der Waals surface area (Å²) in [7, 11) is 3.40. The molecule has 1 atom stereocenters. The number of ether oxygens (including phenoxy) is 2. The van der Waals surface area contributed by atoms with Gasteiger partial charge in [-0.3, -0.25) is 14.5 Å². The van der Waals surface area contributed by atoms with Gasteiger partial charge in [0.05, 0.1) is 30.8 Å². The molecule has 29 heavy (non-hydrogen) atoms. The monoisotopic (exact) mass is 393 g/mol. The third-order valence-corrected chi connectivity index (χ3v) is 4.99. The van der Waals surface area contributed by atoms with Crippen LogP contribution in [0.25, 0.3) is 0 Å². The Morgan fingerprint density at radius 2 is 2.00 bits per heavy atom. The number of aromatic nitrogens is 4. The van der Waals surface area contributed by atoms with Crippen molar-refractivity contribution in [3.05, 3.63) is 60.3 Å². The van der Waals surface area contributed by atoms with Crippen LogP contribution in [0.5, 0.6) is 17.4 Å². The fourth-order valence-electron chi connectivity index (χ4n) is 3.54. The number of amides is 1. The lowest BCUT2D eigenvalue weighted by atomic mass is 9.94. The Kier molecular flexibility index (Phi) is 5.41. The molecule has 0 radical (unpaired) electrons. The summed E-state index contributed by atoms with van der Waals surface area (Å²) in [6.07, 6.45) is 8.54. The molecular weight excluding hydrogens is 370 g/mol. The number of benzene rings is 1. The fraction of sp³-hybridized carbons (Fsp3) is 0.333. The Balaban J connectivity index is 1.49. The highest BCUT2D eigenvalue weighted by Gasteiger charge is 2.27. The number of methoxy groups -OCH3 is 1. The van der Waals surface area contributed by atoms with E-state index in [1.165, 1.54) is 0 Å². The van der Waals surface area contributed by atoms with Gasteiger partial charge in [-0.1, -0.05) is 12.1 Å². The lowest BCUT2D eigenvalue weighted by Crippen LogP contribution is -2.39. The predicted molar refractivity (Wildman–Crippen MR) is 106 cm³/mol. The maximum Gasteiger partial charge on any atom is 0.257 e. The third kappa shape index (κ3) is 4.21. The highest BCUT2D eigenvalue weighted by atomic mass is 16.5. The molecule has 1 aliphatic rings. The van der Waals surface area contributed by atoms with Crippen molar-refractivity contribution in [1.29, 1.82) is 0 Å². The van der Waals surface area contributed by atoms with Gasteiger partial charge in [-0.15, -0.1) is 0 Å². The minimum atomic E-state index is -0.00261. The van der Waals surface area contributed by atoms with E-state index in [1.54, 1.807) is 43.6 Å². The van der Waals surface area contributed by atoms with Gasteiger partial charge in [-0.2, -0.15) is 5.10 Å². The van der Waals surface area contributed by atoms with E-state index in [-0.39, 0.29) is 11.8 Å². The van der Waals surface area contributed by atoms with Crippen molar-refractivity contribution in [2.24, 2.45) is 7.05 Å². The molecule has 2 aromatic heterocycles. The molecule has 150 valence electrons. The molecule has 0 spiro atoms. The molecule has 8 heteroatoms. The molecule has 4 rings (SSSR count). The second-order valence-corrected chi connectivity index (χ2v) is 7.03. The number of hydrogen-bond donors (Lipinski definition) is 0. The average molecular weight is 393 g/mol. The van der Waals surface area contributed by atoms with Gasteiger partial charge in [0.25, 0.3) is 5.91 Å². The summed E-state index contributed by atoms with van der Waals surface area (Å²) < 4.78 is 12.8. The van der Waals surface area contributed by atoms with Gasteiger partial charge in [0.2, 0.25) is 5.88 Å². The van der Waals surface area contributed by atoms with Gasteiger partial charge in [0.1, 0.15) is 0 Å². The Morgan fingerprint density at radius 1 is 1.17 bits per heavy atom. The zero-order chi connectivity index (χ0) is 20.2. The van der Waals surface area contributed by atoms with Crippen LogP contribution in [-0.2, 0) is 7.05 Å². The lowest BCUT2D eigenvalue weighted by molar-refractivity contribution is 0.0705. The molecule has 3 heterocycles. The molecule has 0 unspecified atom stereocenters. The Morgan fingerprint density at radius 3 is 2.76 bits per heavy atom. The summed E-state index contributed by atoms with van der Waals surface area (Å²) in [5.41, 5.74) is 1.42. The van der Waals surface area contributed by atoms with Crippen molar-refractivity contribution in [3.63, 3.8) is 0 Å². The SMILES string of the molecule is COc1ccccc1Oc1cncc([C@H]2CCCN(C(=O)c3cnn(C)c3)C2)n1. The average Bonchev–Trinajstić information content (AvgIpc) is 3.20. The van der Waals surface area contributed by atoms with Gasteiger partial charge < -0.3 is 14.4 Å². The molecule has 0 N–H and O–H groups in total. The molecule has 3 aromatic rings. The zero-order valence-corrected chi connectivity index (χ0v) is 16.5. The highest BCUT2D eigenvalue weighted by molar-refractivity contribution is 5.93. The second-order valence-electron chi connectivity index (χ2n) is 7.03. The maximum atomic E-state index is 12.8. The summed E-state index contributed by atoms with van der Waals surface area (Å²) in [6, 6.07) is 7.40. The van der Waals surface area contributed by atoms with E-state index in [4.69, 9.17) is 9.47 Å². The minimum absolute atomic E-state index is 0.00261. The second kappa shape index (κ2) is 8.30. The van der Waals surface area contributed by atoms with E-state index in [9.17, 15) is 4.79 Å². The number of carbonyl (C=O) groups is 1. The van der Waals surface area contributed by atoms with Crippen LogP contribution in [0, 0.1) is 0 Å². The number of piperidine rings is 1. The molecule has 1 saturated heterocycles. The maximum absolute atomic E-state index is 12.8. The first-order valence-electron chi connectivity index (χ1n) is 9.55. The number of para-hydroxylation sites is 2. The largest absolute Gasteiger partial charge is 0.493 e. The van der Waals surface area contributed by atoms with Crippen LogP contribution in [0.3, 0.4) is 0 Å². The van der Waals surface area contributed by atoms with Crippen molar-refractivity contribution in [2.45, 2.75) is 18.8 Å². The van der Waals surface area contributed by atoms with Gasteiger partial charge in [-0.05, 0) is 25.0 Å². The number of hydrogen-bond acceptors (Lipinski definition) is 6. The smallest absolute Gasteiger partial charge is 0.257 e. The first kappa shape index (κ1) is 18.9. The van der Waals surface area contributed by atoms with E-state index in [0.717, 1.165) is 25.1 Å². The Labute approximate surface area is 169 Å². The number of likely N-dealkylation sites (tertiary alicyclic amines) is 1. The Bertz CT molecular complexity index is 1000. The highest BCUT2D eigenvalue weighted by Crippen LogP contribution is 2.31. The van der Waals surface area contributed by atoms with Crippen LogP contribution in [0.2, 0.25) is 0 Å². The summed E-state index contributed by atoms with van der Waals surface area (Å²) in [5, 5.41) is 4.10. The summed E-state index contributed by atoms with van der Waals surface area (Å²) in [5.74, 6) is 1.72. The van der Waals surface area contributed by atoms with Crippen molar-refractivity contribution < 1.29 is 14.3 Å². The van der Waals surface area contributed by atoms with Crippen LogP contribution in [-0.4, -0.2) is 50.8 Å². The van der Waals surface area contributed by atoms with E-state index in [1.807, 2.05) is 29.2 Å². The van der Waals surface area contributed by atoms with Crippen LogP contribution in [0.15, 0.2) is 49.1 Å². The van der Waals surface area contributed by atoms with Crippen molar-refractivity contribution in [1.82, 2.24) is 24.6 Å². The number of carbonyl (C=O) groups excluding carboxylic acids is 1. The molecule has 0 saturated carbocycles. The quantitative estimate of drug-likeness (QED) is 0.663. The molecule has 1 aliphatic heterocycles. The minimum Gasteiger partial charge on any atom is -0.493 e. The molecular formula is C21H23N5O3. The van der Waals surface area contributed by atoms with E-state index < -0.39 is 0 Å². The van der Waals surface area contributed by atoms with Crippen LogP contribution < -0.4 is 9.47 Å². The van der Waals surface area contributed by atoms with Crippen molar-refractivity contribution in [2.75, 3.05) is 20.2 Å². The Hall–Kier alpha value is -3.42. The molecule has 1 fully saturated rings. The molecule has 1 amide bonds. The van der Waals surface area contributed by atoms with Crippen LogP contribution in [0.4, 0.5) is 0 Å². The number of aryl methyl sites for hydroxylation is 1. The zero-order valence-electron chi connectivity index (χ0n) is 16.5. The van der Waals surface area contributed by atoms with Gasteiger partial charge in [0.15, 0.2) is 11.5 Å².